The molecule has 0 radical (unpaired) electrons. The number of methoxy groups -OCH3 is 2. The van der Waals surface area contributed by atoms with Crippen LogP contribution in [-0.2, 0) is 27.8 Å². The van der Waals surface area contributed by atoms with Gasteiger partial charge in [0.2, 0.25) is 0 Å². The molecule has 0 saturated heterocycles. The molecule has 1 aliphatic rings. The van der Waals surface area contributed by atoms with Crippen molar-refractivity contribution in [2.24, 2.45) is 0 Å². The van der Waals surface area contributed by atoms with Gasteiger partial charge in [0.25, 0.3) is 15.9 Å². The van der Waals surface area contributed by atoms with Crippen LogP contribution in [0.4, 0.5) is 5.69 Å². The van der Waals surface area contributed by atoms with Gasteiger partial charge in [0, 0.05) is 43.6 Å². The quantitative estimate of drug-likeness (QED) is 0.233. The summed E-state index contributed by atoms with van der Waals surface area (Å²) >= 11 is 0. The third-order valence-corrected chi connectivity index (χ3v) is 9.61. The van der Waals surface area contributed by atoms with Crippen molar-refractivity contribution in [1.29, 1.82) is 0 Å². The summed E-state index contributed by atoms with van der Waals surface area (Å²) in [6.45, 7) is 2.41. The maximum absolute atomic E-state index is 14.3. The molecule has 0 spiro atoms. The first-order valence-electron chi connectivity index (χ1n) is 13.7. The Bertz CT molecular complexity index is 2050. The maximum atomic E-state index is 14.3. The Morgan fingerprint density at radius 2 is 1.72 bits per heavy atom. The summed E-state index contributed by atoms with van der Waals surface area (Å²) in [7, 11) is 2.47. The number of esters is 1. The first kappa shape index (κ1) is 28.3. The normalized spacial score (nSPS) is 13.0. The zero-order valence-corrected chi connectivity index (χ0v) is 25.4. The Kier molecular flexibility index (Phi) is 6.89. The Balaban J connectivity index is 1.63. The molecule has 2 heterocycles. The van der Waals surface area contributed by atoms with E-state index in [1.165, 1.54) is 20.3 Å². The lowest BCUT2D eigenvalue weighted by Crippen LogP contribution is -2.23. The summed E-state index contributed by atoms with van der Waals surface area (Å²) in [5.41, 5.74) is 4.22. The van der Waals surface area contributed by atoms with Crippen LogP contribution in [-0.4, -0.2) is 57.5 Å². The van der Waals surface area contributed by atoms with E-state index in [1.54, 1.807) is 41.3 Å². The maximum Gasteiger partial charge on any atom is 0.340 e. The number of carbonyl (C=O) groups is 2. The van der Waals surface area contributed by atoms with E-state index in [-0.39, 0.29) is 28.4 Å². The van der Waals surface area contributed by atoms with E-state index in [2.05, 4.69) is 0 Å². The van der Waals surface area contributed by atoms with E-state index < -0.39 is 16.0 Å². The third kappa shape index (κ3) is 4.58. The molecule has 6 rings (SSSR count). The molecule has 10 heteroatoms. The topological polar surface area (TPSA) is 98.1 Å². The van der Waals surface area contributed by atoms with Gasteiger partial charge in [-0.15, -0.1) is 0 Å². The summed E-state index contributed by atoms with van der Waals surface area (Å²) in [5, 5.41) is 0.858. The van der Waals surface area contributed by atoms with E-state index in [9.17, 15) is 18.0 Å². The molecule has 0 saturated carbocycles. The smallest absolute Gasteiger partial charge is 0.340 e. The van der Waals surface area contributed by atoms with Crippen LogP contribution in [0.3, 0.4) is 0 Å². The predicted molar refractivity (Wildman–Crippen MR) is 165 cm³/mol. The Morgan fingerprint density at radius 3 is 2.37 bits per heavy atom. The Morgan fingerprint density at radius 1 is 0.977 bits per heavy atom. The minimum Gasteiger partial charge on any atom is -0.497 e. The highest BCUT2D eigenvalue weighted by molar-refractivity contribution is 7.90. The number of fused-ring (bicyclic) bond motifs is 5. The van der Waals surface area contributed by atoms with Gasteiger partial charge in [-0.05, 0) is 72.1 Å². The van der Waals surface area contributed by atoms with Crippen LogP contribution >= 0.6 is 0 Å². The van der Waals surface area contributed by atoms with Crippen molar-refractivity contribution in [3.05, 3.63) is 101 Å². The van der Waals surface area contributed by atoms with Crippen molar-refractivity contribution in [1.82, 2.24) is 8.87 Å². The fraction of sp³-hybridized carbons (Fsp3) is 0.212. The lowest BCUT2D eigenvalue weighted by molar-refractivity contribution is 0.0602. The average molecular weight is 598 g/mol. The number of nitrogens with zero attached hydrogens (tertiary/aromatic N) is 3. The standard InChI is InChI=1S/C33H31N3O6S/c1-20-7-6-8-25(15-20)43(39,40)36-28-14-13-24(41-4)17-26(28)30-29-22(16-27(31(30)36)33(38)42-5)19-35(32(29)37)18-21-9-11-23(12-10-21)34(2)3/h6-17H,18-19H2,1-5H3. The molecular weight excluding hydrogens is 566 g/mol. The molecule has 0 unspecified atom stereocenters. The molecular formula is C33H31N3O6S. The molecule has 9 nitrogen and oxygen atoms in total. The van der Waals surface area contributed by atoms with Gasteiger partial charge in [0.1, 0.15) is 5.75 Å². The fourth-order valence-corrected chi connectivity index (χ4v) is 7.43. The largest absolute Gasteiger partial charge is 0.497 e. The van der Waals surface area contributed by atoms with E-state index in [0.717, 1.165) is 20.8 Å². The second-order valence-electron chi connectivity index (χ2n) is 10.9. The van der Waals surface area contributed by atoms with Crippen molar-refractivity contribution in [2.75, 3.05) is 33.2 Å². The summed E-state index contributed by atoms with van der Waals surface area (Å²) in [6, 6.07) is 21.1. The number of ether oxygens (including phenoxy) is 2. The molecule has 0 atom stereocenters. The van der Waals surface area contributed by atoms with Gasteiger partial charge < -0.3 is 19.3 Å². The SMILES string of the molecule is COC(=O)c1cc2c(c3c4cc(OC)ccc4n(S(=O)(=O)c4cccc(C)c4)c13)C(=O)N(Cc1ccc(N(C)C)cc1)C2. The van der Waals surface area contributed by atoms with Crippen LogP contribution in [0, 0.1) is 6.92 Å². The highest BCUT2D eigenvalue weighted by atomic mass is 32.2. The number of hydrogen-bond acceptors (Lipinski definition) is 7. The van der Waals surface area contributed by atoms with Gasteiger partial charge >= 0.3 is 5.97 Å². The van der Waals surface area contributed by atoms with Crippen LogP contribution in [0.1, 0.15) is 37.4 Å². The second kappa shape index (κ2) is 10.5. The molecule has 1 amide bonds. The summed E-state index contributed by atoms with van der Waals surface area (Å²) in [4.78, 5) is 31.2. The lowest BCUT2D eigenvalue weighted by atomic mass is 9.98. The Labute approximate surface area is 249 Å². The third-order valence-electron chi connectivity index (χ3n) is 7.90. The van der Waals surface area contributed by atoms with Crippen LogP contribution in [0.25, 0.3) is 21.8 Å². The number of aryl methyl sites for hydroxylation is 1. The highest BCUT2D eigenvalue weighted by Gasteiger charge is 2.36. The number of benzene rings is 4. The van der Waals surface area contributed by atoms with E-state index in [0.29, 0.717) is 39.7 Å². The van der Waals surface area contributed by atoms with Crippen LogP contribution in [0.2, 0.25) is 0 Å². The second-order valence-corrected chi connectivity index (χ2v) is 12.7. The van der Waals surface area contributed by atoms with Gasteiger partial charge in [-0.2, -0.15) is 0 Å². The minimum absolute atomic E-state index is 0.0626. The first-order valence-corrected chi connectivity index (χ1v) is 15.1. The van der Waals surface area contributed by atoms with E-state index in [4.69, 9.17) is 9.47 Å². The van der Waals surface area contributed by atoms with Crippen molar-refractivity contribution >= 4 is 49.4 Å². The number of carbonyl (C=O) groups excluding carboxylic acids is 2. The fourth-order valence-electron chi connectivity index (χ4n) is 5.79. The molecule has 0 bridgehead atoms. The van der Waals surface area contributed by atoms with Crippen molar-refractivity contribution in [2.45, 2.75) is 24.9 Å². The molecule has 1 aliphatic heterocycles. The van der Waals surface area contributed by atoms with Crippen molar-refractivity contribution in [3.8, 4) is 5.75 Å². The number of anilines is 1. The monoisotopic (exact) mass is 597 g/mol. The van der Waals surface area contributed by atoms with Crippen molar-refractivity contribution < 1.29 is 27.5 Å². The number of amides is 1. The molecule has 0 N–H and O–H groups in total. The molecule has 4 aromatic carbocycles. The average Bonchev–Trinajstić information content (AvgIpc) is 3.50. The number of rotatable bonds is 7. The molecule has 1 aromatic heterocycles. The lowest BCUT2D eigenvalue weighted by Gasteiger charge is -2.17. The van der Waals surface area contributed by atoms with Gasteiger partial charge in [0.15, 0.2) is 0 Å². The Hall–Kier alpha value is -4.83. The molecule has 43 heavy (non-hydrogen) atoms. The van der Waals surface area contributed by atoms with E-state index >= 15 is 0 Å². The van der Waals surface area contributed by atoms with Gasteiger partial charge in [-0.1, -0.05) is 24.3 Å². The predicted octanol–water partition coefficient (Wildman–Crippen LogP) is 5.36. The van der Waals surface area contributed by atoms with Gasteiger partial charge in [-0.3, -0.25) is 4.79 Å². The van der Waals surface area contributed by atoms with Crippen molar-refractivity contribution in [3.63, 3.8) is 0 Å². The summed E-state index contributed by atoms with van der Waals surface area (Å²) < 4.78 is 40.5. The zero-order valence-electron chi connectivity index (χ0n) is 24.5. The zero-order chi connectivity index (χ0) is 30.6. The van der Waals surface area contributed by atoms with Gasteiger partial charge in [-0.25, -0.2) is 17.2 Å². The summed E-state index contributed by atoms with van der Waals surface area (Å²) in [5.74, 6) is -0.462. The molecule has 0 aliphatic carbocycles. The van der Waals surface area contributed by atoms with E-state index in [1.807, 2.05) is 56.3 Å². The molecule has 0 fully saturated rings. The minimum atomic E-state index is -4.22. The number of aromatic nitrogens is 1. The molecule has 5 aromatic rings. The summed E-state index contributed by atoms with van der Waals surface area (Å²) in [6.07, 6.45) is 0. The molecule has 220 valence electrons. The number of hydrogen-bond donors (Lipinski definition) is 0. The van der Waals surface area contributed by atoms with Crippen LogP contribution in [0.5, 0.6) is 5.75 Å². The van der Waals surface area contributed by atoms with Crippen LogP contribution < -0.4 is 9.64 Å². The first-order chi connectivity index (χ1) is 20.5. The van der Waals surface area contributed by atoms with Gasteiger partial charge in [0.05, 0.1) is 41.3 Å². The highest BCUT2D eigenvalue weighted by Crippen LogP contribution is 2.42. The van der Waals surface area contributed by atoms with Crippen LogP contribution in [0.15, 0.2) is 77.7 Å².